The van der Waals surface area contributed by atoms with E-state index < -0.39 is 10.0 Å². The maximum absolute atomic E-state index is 12.6. The van der Waals surface area contributed by atoms with E-state index in [1.807, 2.05) is 30.3 Å². The van der Waals surface area contributed by atoms with Crippen molar-refractivity contribution in [2.45, 2.75) is 36.7 Å². The van der Waals surface area contributed by atoms with Crippen molar-refractivity contribution in [2.75, 3.05) is 6.54 Å². The van der Waals surface area contributed by atoms with E-state index in [-0.39, 0.29) is 41.7 Å². The monoisotopic (exact) mass is 423 g/mol. The summed E-state index contributed by atoms with van der Waals surface area (Å²) < 4.78 is 27.7. The Morgan fingerprint density at radius 2 is 1.82 bits per heavy atom. The molecule has 0 aliphatic heterocycles. The van der Waals surface area contributed by atoms with Gasteiger partial charge in [-0.15, -0.1) is 12.4 Å². The molecular formula is C20H26ClN3O3S. The lowest BCUT2D eigenvalue weighted by Crippen LogP contribution is -2.39. The van der Waals surface area contributed by atoms with Gasteiger partial charge in [-0.05, 0) is 49.1 Å². The normalized spacial score (nSPS) is 19.0. The number of nitrogens with two attached hydrogens (primary N) is 1. The molecular weight excluding hydrogens is 398 g/mol. The molecule has 6 nitrogen and oxygen atoms in total. The van der Waals surface area contributed by atoms with Crippen LogP contribution in [0.2, 0.25) is 0 Å². The number of sulfonamides is 1. The highest BCUT2D eigenvalue weighted by Gasteiger charge is 2.28. The Morgan fingerprint density at radius 1 is 1.07 bits per heavy atom. The molecule has 28 heavy (non-hydrogen) atoms. The SMILES string of the molecule is Cl.NCC1CCCC1NC(=O)c1cccc(S(=O)(=O)NCc2ccccc2)c1. The molecule has 2 aromatic carbocycles. The van der Waals surface area contributed by atoms with Gasteiger partial charge < -0.3 is 11.1 Å². The van der Waals surface area contributed by atoms with Gasteiger partial charge >= 0.3 is 0 Å². The van der Waals surface area contributed by atoms with Gasteiger partial charge in [-0.3, -0.25) is 4.79 Å². The smallest absolute Gasteiger partial charge is 0.251 e. The largest absolute Gasteiger partial charge is 0.349 e. The molecule has 0 bridgehead atoms. The van der Waals surface area contributed by atoms with Crippen LogP contribution in [0.4, 0.5) is 0 Å². The molecule has 152 valence electrons. The van der Waals surface area contributed by atoms with E-state index in [0.717, 1.165) is 24.8 Å². The molecule has 2 unspecified atom stereocenters. The standard InChI is InChI=1S/C20H25N3O3S.ClH/c21-13-17-9-5-11-19(17)23-20(24)16-8-4-10-18(12-16)27(25,26)22-14-15-6-2-1-3-7-15;/h1-4,6-8,10,12,17,19,22H,5,9,11,13-14,21H2,(H,23,24);1H. The number of nitrogens with one attached hydrogen (secondary N) is 2. The number of hydrogen-bond acceptors (Lipinski definition) is 4. The van der Waals surface area contributed by atoms with Crippen molar-refractivity contribution in [1.82, 2.24) is 10.0 Å². The first-order valence-corrected chi connectivity index (χ1v) is 10.6. The predicted octanol–water partition coefficient (Wildman–Crippen LogP) is 2.44. The van der Waals surface area contributed by atoms with Gasteiger partial charge in [-0.25, -0.2) is 13.1 Å². The van der Waals surface area contributed by atoms with Crippen molar-refractivity contribution in [1.29, 1.82) is 0 Å². The maximum Gasteiger partial charge on any atom is 0.251 e. The molecule has 2 aromatic rings. The van der Waals surface area contributed by atoms with Gasteiger partial charge in [0.25, 0.3) is 5.91 Å². The fraction of sp³-hybridized carbons (Fsp3) is 0.350. The second kappa shape index (κ2) is 10.0. The van der Waals surface area contributed by atoms with Crippen LogP contribution in [-0.4, -0.2) is 26.9 Å². The third-order valence-electron chi connectivity index (χ3n) is 4.99. The van der Waals surface area contributed by atoms with Crippen LogP contribution in [0.3, 0.4) is 0 Å². The summed E-state index contributed by atoms with van der Waals surface area (Å²) in [5.74, 6) is 0.0221. The minimum absolute atomic E-state index is 0. The highest BCUT2D eigenvalue weighted by molar-refractivity contribution is 7.89. The van der Waals surface area contributed by atoms with Crippen LogP contribution in [0.1, 0.15) is 35.2 Å². The van der Waals surface area contributed by atoms with E-state index >= 15 is 0 Å². The summed E-state index contributed by atoms with van der Waals surface area (Å²) in [6.07, 6.45) is 2.97. The van der Waals surface area contributed by atoms with Crippen LogP contribution in [0.15, 0.2) is 59.5 Å². The number of hydrogen-bond donors (Lipinski definition) is 3. The molecule has 1 aliphatic carbocycles. The Bertz CT molecular complexity index is 891. The van der Waals surface area contributed by atoms with Crippen LogP contribution in [0.5, 0.6) is 0 Å². The minimum Gasteiger partial charge on any atom is -0.349 e. The maximum atomic E-state index is 12.6. The second-order valence-corrected chi connectivity index (χ2v) is 8.61. The van der Waals surface area contributed by atoms with Crippen molar-refractivity contribution in [3.05, 3.63) is 65.7 Å². The predicted molar refractivity (Wildman–Crippen MR) is 112 cm³/mol. The average Bonchev–Trinajstić information content (AvgIpc) is 3.14. The number of carbonyl (C=O) groups excluding carboxylic acids is 1. The average molecular weight is 424 g/mol. The van der Waals surface area contributed by atoms with Gasteiger partial charge in [0, 0.05) is 18.2 Å². The Hall–Kier alpha value is -1.93. The molecule has 1 saturated carbocycles. The molecule has 0 radical (unpaired) electrons. The summed E-state index contributed by atoms with van der Waals surface area (Å²) in [6, 6.07) is 15.4. The van der Waals surface area contributed by atoms with Crippen LogP contribution in [-0.2, 0) is 16.6 Å². The fourth-order valence-electron chi connectivity index (χ4n) is 3.42. The van der Waals surface area contributed by atoms with E-state index in [9.17, 15) is 13.2 Å². The van der Waals surface area contributed by atoms with Crippen LogP contribution >= 0.6 is 12.4 Å². The zero-order valence-electron chi connectivity index (χ0n) is 15.5. The fourth-order valence-corrected chi connectivity index (χ4v) is 4.49. The molecule has 0 spiro atoms. The summed E-state index contributed by atoms with van der Waals surface area (Å²) in [7, 11) is -3.71. The van der Waals surface area contributed by atoms with Crippen molar-refractivity contribution >= 4 is 28.3 Å². The molecule has 3 rings (SSSR count). The highest BCUT2D eigenvalue weighted by atomic mass is 35.5. The molecule has 8 heteroatoms. The van der Waals surface area contributed by atoms with E-state index in [4.69, 9.17) is 5.73 Å². The summed E-state index contributed by atoms with van der Waals surface area (Å²) in [4.78, 5) is 12.6. The summed E-state index contributed by atoms with van der Waals surface area (Å²) >= 11 is 0. The number of benzene rings is 2. The lowest BCUT2D eigenvalue weighted by Gasteiger charge is -2.19. The molecule has 2 atom stereocenters. The molecule has 1 amide bonds. The lowest BCUT2D eigenvalue weighted by molar-refractivity contribution is 0.0928. The topological polar surface area (TPSA) is 101 Å². The van der Waals surface area contributed by atoms with Gasteiger partial charge in [0.2, 0.25) is 10.0 Å². The van der Waals surface area contributed by atoms with Crippen LogP contribution in [0.25, 0.3) is 0 Å². The molecule has 4 N–H and O–H groups in total. The van der Waals surface area contributed by atoms with Crippen molar-refractivity contribution < 1.29 is 13.2 Å². The molecule has 1 aliphatic rings. The number of carbonyl (C=O) groups is 1. The first-order valence-electron chi connectivity index (χ1n) is 9.14. The Labute approximate surface area is 172 Å². The van der Waals surface area contributed by atoms with Crippen molar-refractivity contribution in [3.8, 4) is 0 Å². The summed E-state index contributed by atoms with van der Waals surface area (Å²) in [6.45, 7) is 0.739. The van der Waals surface area contributed by atoms with E-state index in [1.54, 1.807) is 12.1 Å². The van der Waals surface area contributed by atoms with E-state index in [0.29, 0.717) is 12.1 Å². The first-order chi connectivity index (χ1) is 13.0. The zero-order chi connectivity index (χ0) is 19.3. The Balaban J connectivity index is 0.00000280. The van der Waals surface area contributed by atoms with Gasteiger partial charge in [0.1, 0.15) is 0 Å². The van der Waals surface area contributed by atoms with E-state index in [1.165, 1.54) is 12.1 Å². The Kier molecular flexibility index (Phi) is 8.00. The Morgan fingerprint density at radius 3 is 2.54 bits per heavy atom. The number of halogens is 1. The quantitative estimate of drug-likeness (QED) is 0.636. The summed E-state index contributed by atoms with van der Waals surface area (Å²) in [5, 5.41) is 3.00. The molecule has 0 saturated heterocycles. The van der Waals surface area contributed by atoms with Gasteiger partial charge in [0.15, 0.2) is 0 Å². The summed E-state index contributed by atoms with van der Waals surface area (Å²) in [5.41, 5.74) is 6.96. The third-order valence-corrected chi connectivity index (χ3v) is 6.39. The van der Waals surface area contributed by atoms with Gasteiger partial charge in [-0.1, -0.05) is 42.8 Å². The minimum atomic E-state index is -3.71. The molecule has 1 fully saturated rings. The number of amides is 1. The third kappa shape index (κ3) is 5.54. The zero-order valence-corrected chi connectivity index (χ0v) is 17.1. The van der Waals surface area contributed by atoms with Crippen LogP contribution < -0.4 is 15.8 Å². The highest BCUT2D eigenvalue weighted by Crippen LogP contribution is 2.25. The first kappa shape index (κ1) is 22.4. The van der Waals surface area contributed by atoms with Gasteiger partial charge in [-0.2, -0.15) is 0 Å². The second-order valence-electron chi connectivity index (χ2n) is 6.84. The number of rotatable bonds is 7. The van der Waals surface area contributed by atoms with E-state index in [2.05, 4.69) is 10.0 Å². The molecule has 0 aromatic heterocycles. The van der Waals surface area contributed by atoms with Gasteiger partial charge in [0.05, 0.1) is 4.90 Å². The van der Waals surface area contributed by atoms with Crippen LogP contribution in [0, 0.1) is 5.92 Å². The van der Waals surface area contributed by atoms with Crippen molar-refractivity contribution in [3.63, 3.8) is 0 Å². The molecule has 0 heterocycles. The van der Waals surface area contributed by atoms with Crippen molar-refractivity contribution in [2.24, 2.45) is 11.7 Å². The lowest BCUT2D eigenvalue weighted by atomic mass is 10.0.